The first-order valence-electron chi connectivity index (χ1n) is 12.3. The van der Waals surface area contributed by atoms with Crippen LogP contribution in [0.5, 0.6) is 5.06 Å². The van der Waals surface area contributed by atoms with Gasteiger partial charge in [-0.3, -0.25) is 9.69 Å². The number of nitrogens with zero attached hydrogens (tertiary/aromatic N) is 4. The van der Waals surface area contributed by atoms with E-state index in [0.29, 0.717) is 11.0 Å². The lowest BCUT2D eigenvalue weighted by molar-refractivity contribution is -0.131. The molecule has 0 bridgehead atoms. The minimum absolute atomic E-state index is 0.219. The Kier molecular flexibility index (Phi) is 7.08. The maximum atomic E-state index is 11.8. The van der Waals surface area contributed by atoms with Crippen LogP contribution in [0.1, 0.15) is 39.5 Å². The van der Waals surface area contributed by atoms with Crippen LogP contribution in [-0.2, 0) is 9.53 Å². The summed E-state index contributed by atoms with van der Waals surface area (Å²) in [6.45, 7) is 8.41. The van der Waals surface area contributed by atoms with Gasteiger partial charge in [-0.05, 0) is 38.2 Å². The van der Waals surface area contributed by atoms with Crippen LogP contribution in [0, 0.1) is 5.92 Å². The summed E-state index contributed by atoms with van der Waals surface area (Å²) in [4.78, 5) is 26.8. The summed E-state index contributed by atoms with van der Waals surface area (Å²) >= 11 is 1.41. The Morgan fingerprint density at radius 2 is 1.85 bits per heavy atom. The molecule has 0 spiro atoms. The maximum Gasteiger partial charge on any atom is 0.308 e. The molecule has 3 aromatic rings. The van der Waals surface area contributed by atoms with Crippen LogP contribution >= 0.6 is 11.3 Å². The van der Waals surface area contributed by atoms with E-state index < -0.39 is 0 Å². The minimum atomic E-state index is -0.331. The minimum Gasteiger partial charge on any atom is -0.415 e. The Morgan fingerprint density at radius 1 is 1.12 bits per heavy atom. The topological polar surface area (TPSA) is 67.8 Å². The van der Waals surface area contributed by atoms with E-state index in [1.165, 1.54) is 31.1 Å². The van der Waals surface area contributed by atoms with Gasteiger partial charge in [-0.25, -0.2) is 9.97 Å². The smallest absolute Gasteiger partial charge is 0.308 e. The van der Waals surface area contributed by atoms with Crippen LogP contribution < -0.4 is 9.64 Å². The second-order valence-corrected chi connectivity index (χ2v) is 9.98. The number of esters is 1. The summed E-state index contributed by atoms with van der Waals surface area (Å²) in [7, 11) is 0. The van der Waals surface area contributed by atoms with Crippen LogP contribution in [0.4, 0.5) is 5.82 Å². The molecule has 7 nitrogen and oxygen atoms in total. The molecule has 2 fully saturated rings. The zero-order valence-electron chi connectivity index (χ0n) is 19.9. The molecule has 5 rings (SSSR count). The van der Waals surface area contributed by atoms with Crippen molar-refractivity contribution in [2.45, 2.75) is 45.8 Å². The number of hydrogen-bond acceptors (Lipinski definition) is 8. The standard InChI is InChI=1S/C26H32N4O3S/c1-3-32-25(30-13-7-8-14-30)20-11-15-29(16-12-20)23-22-21(19-9-5-4-6-10-19)26(33-18(2)31)34-24(22)28-17-27-23/h4-6,9-10,17,20,25H,3,7-8,11-16H2,1-2H3. The molecule has 0 saturated carbocycles. The van der Waals surface area contributed by atoms with Crippen LogP contribution in [0.25, 0.3) is 21.3 Å². The van der Waals surface area contributed by atoms with Crippen LogP contribution in [0.2, 0.25) is 0 Å². The number of fused-ring (bicyclic) bond motifs is 1. The van der Waals surface area contributed by atoms with Gasteiger partial charge in [0.05, 0.1) is 5.39 Å². The number of benzene rings is 1. The molecule has 0 N–H and O–H groups in total. The largest absolute Gasteiger partial charge is 0.415 e. The second kappa shape index (κ2) is 10.4. The van der Waals surface area contributed by atoms with E-state index in [-0.39, 0.29) is 12.2 Å². The number of carbonyl (C=O) groups is 1. The number of piperidine rings is 1. The normalized spacial score (nSPS) is 18.5. The van der Waals surface area contributed by atoms with E-state index in [0.717, 1.165) is 72.8 Å². The lowest BCUT2D eigenvalue weighted by atomic mass is 9.93. The molecule has 180 valence electrons. The predicted molar refractivity (Wildman–Crippen MR) is 135 cm³/mol. The number of aromatic nitrogens is 2. The highest BCUT2D eigenvalue weighted by molar-refractivity contribution is 7.21. The third kappa shape index (κ3) is 4.67. The van der Waals surface area contributed by atoms with Gasteiger partial charge in [-0.15, -0.1) is 0 Å². The molecule has 2 aliphatic heterocycles. The van der Waals surface area contributed by atoms with E-state index in [1.807, 2.05) is 30.3 Å². The number of thiophene rings is 1. The number of rotatable bonds is 7. The number of carbonyl (C=O) groups excluding carboxylic acids is 1. The van der Waals surface area contributed by atoms with E-state index in [9.17, 15) is 4.79 Å². The van der Waals surface area contributed by atoms with Gasteiger partial charge in [0.1, 0.15) is 23.2 Å². The molecule has 34 heavy (non-hydrogen) atoms. The van der Waals surface area contributed by atoms with Gasteiger partial charge in [0.2, 0.25) is 0 Å². The number of likely N-dealkylation sites (tertiary alicyclic amines) is 1. The highest BCUT2D eigenvalue weighted by Crippen LogP contribution is 2.47. The monoisotopic (exact) mass is 480 g/mol. The van der Waals surface area contributed by atoms with Gasteiger partial charge in [0, 0.05) is 51.2 Å². The SMILES string of the molecule is CCOC(C1CCN(c2ncnc3sc(OC(C)=O)c(-c4ccccc4)c23)CC1)N1CCCC1. The molecule has 1 atom stereocenters. The van der Waals surface area contributed by atoms with Crippen molar-refractivity contribution in [3.8, 4) is 16.2 Å². The second-order valence-electron chi connectivity index (χ2n) is 9.02. The lowest BCUT2D eigenvalue weighted by Gasteiger charge is -2.40. The van der Waals surface area contributed by atoms with Crippen molar-refractivity contribution in [1.29, 1.82) is 0 Å². The van der Waals surface area contributed by atoms with Crippen LogP contribution in [0.3, 0.4) is 0 Å². The van der Waals surface area contributed by atoms with Crippen molar-refractivity contribution < 1.29 is 14.3 Å². The van der Waals surface area contributed by atoms with Crippen molar-refractivity contribution in [3.05, 3.63) is 36.7 Å². The van der Waals surface area contributed by atoms with Crippen molar-refractivity contribution in [2.24, 2.45) is 5.92 Å². The summed E-state index contributed by atoms with van der Waals surface area (Å²) in [6.07, 6.45) is 6.51. The Balaban J connectivity index is 1.45. The molecule has 4 heterocycles. The average molecular weight is 481 g/mol. The van der Waals surface area contributed by atoms with Crippen molar-refractivity contribution in [3.63, 3.8) is 0 Å². The van der Waals surface area contributed by atoms with Gasteiger partial charge in [0.15, 0.2) is 5.06 Å². The average Bonchev–Trinajstić information content (AvgIpc) is 3.51. The Bertz CT molecular complexity index is 1120. The zero-order chi connectivity index (χ0) is 23.5. The molecule has 1 unspecified atom stereocenters. The molecular weight excluding hydrogens is 448 g/mol. The molecule has 0 amide bonds. The third-order valence-corrected chi connectivity index (χ3v) is 7.79. The fourth-order valence-electron chi connectivity index (χ4n) is 5.31. The number of anilines is 1. The lowest BCUT2D eigenvalue weighted by Crippen LogP contribution is -2.46. The van der Waals surface area contributed by atoms with Crippen molar-refractivity contribution >= 4 is 33.3 Å². The molecule has 1 aromatic carbocycles. The van der Waals surface area contributed by atoms with Gasteiger partial charge < -0.3 is 14.4 Å². The maximum absolute atomic E-state index is 11.8. The molecule has 2 aliphatic rings. The van der Waals surface area contributed by atoms with E-state index in [2.05, 4.69) is 21.7 Å². The highest BCUT2D eigenvalue weighted by Gasteiger charge is 2.34. The first-order chi connectivity index (χ1) is 16.7. The Hall–Kier alpha value is -2.55. The fourth-order valence-corrected chi connectivity index (χ4v) is 6.36. The Morgan fingerprint density at radius 3 is 2.53 bits per heavy atom. The van der Waals surface area contributed by atoms with Gasteiger partial charge >= 0.3 is 5.97 Å². The molecule has 0 radical (unpaired) electrons. The van der Waals surface area contributed by atoms with E-state index in [1.54, 1.807) is 6.33 Å². The first kappa shape index (κ1) is 23.2. The predicted octanol–water partition coefficient (Wildman–Crippen LogP) is 4.96. The van der Waals surface area contributed by atoms with E-state index >= 15 is 0 Å². The summed E-state index contributed by atoms with van der Waals surface area (Å²) in [5.74, 6) is 1.12. The van der Waals surface area contributed by atoms with Crippen LogP contribution in [0.15, 0.2) is 36.7 Å². The van der Waals surface area contributed by atoms with Gasteiger partial charge in [-0.1, -0.05) is 41.7 Å². The Labute approximate surface area is 204 Å². The van der Waals surface area contributed by atoms with Crippen molar-refractivity contribution in [2.75, 3.05) is 37.7 Å². The number of hydrogen-bond donors (Lipinski definition) is 0. The van der Waals surface area contributed by atoms with Gasteiger partial charge in [0.25, 0.3) is 0 Å². The summed E-state index contributed by atoms with van der Waals surface area (Å²) in [6, 6.07) is 10.1. The van der Waals surface area contributed by atoms with Gasteiger partial charge in [-0.2, -0.15) is 0 Å². The summed E-state index contributed by atoms with van der Waals surface area (Å²) in [5, 5.41) is 1.55. The molecule has 2 aromatic heterocycles. The number of ether oxygens (including phenoxy) is 2. The van der Waals surface area contributed by atoms with Crippen molar-refractivity contribution in [1.82, 2.24) is 14.9 Å². The molecule has 0 aliphatic carbocycles. The van der Waals surface area contributed by atoms with Crippen LogP contribution in [-0.4, -0.2) is 59.9 Å². The quantitative estimate of drug-likeness (QED) is 0.443. The first-order valence-corrected chi connectivity index (χ1v) is 13.1. The fraction of sp³-hybridized carbons (Fsp3) is 0.500. The summed E-state index contributed by atoms with van der Waals surface area (Å²) < 4.78 is 11.9. The molecule has 8 heteroatoms. The third-order valence-electron chi connectivity index (χ3n) is 6.82. The zero-order valence-corrected chi connectivity index (χ0v) is 20.7. The molecule has 2 saturated heterocycles. The highest BCUT2D eigenvalue weighted by atomic mass is 32.1. The van der Waals surface area contributed by atoms with E-state index in [4.69, 9.17) is 14.5 Å². The summed E-state index contributed by atoms with van der Waals surface area (Å²) in [5.41, 5.74) is 1.90. The molecular formula is C26H32N4O3S.